The van der Waals surface area contributed by atoms with E-state index in [1.54, 1.807) is 0 Å². The quantitative estimate of drug-likeness (QED) is 0.190. The lowest BCUT2D eigenvalue weighted by Crippen LogP contribution is -2.60. The second-order valence-electron chi connectivity index (χ2n) is 8.33. The number of aliphatic hydroxyl groups excluding tert-OH is 5. The minimum atomic E-state index is -2.18. The van der Waals surface area contributed by atoms with Gasteiger partial charge in [-0.2, -0.15) is 0 Å². The van der Waals surface area contributed by atoms with Crippen LogP contribution in [0.2, 0.25) is 0 Å². The summed E-state index contributed by atoms with van der Waals surface area (Å²) in [5.74, 6) is -2.18. The summed E-state index contributed by atoms with van der Waals surface area (Å²) in [6.45, 7) is 0.415. The molecule has 2 aliphatic rings. The Bertz CT molecular complexity index is 914. The Hall–Kier alpha value is -2.52. The number of aryl methyl sites for hydroxylation is 1. The largest absolute Gasteiger partial charge is 0.496 e. The molecule has 1 aromatic rings. The third-order valence-corrected chi connectivity index (χ3v) is 5.93. The Balaban J connectivity index is 2.00. The molecule has 34 heavy (non-hydrogen) atoms. The highest BCUT2D eigenvalue weighted by Crippen LogP contribution is 2.43. The van der Waals surface area contributed by atoms with Crippen molar-refractivity contribution in [3.8, 4) is 11.5 Å². The molecular formula is C21H28O13. The maximum absolute atomic E-state index is 12.0. The van der Waals surface area contributed by atoms with E-state index < -0.39 is 67.1 Å². The number of aliphatic carboxylic acids is 1. The first kappa shape index (κ1) is 26.1. The number of esters is 1. The topological polar surface area (TPSA) is 213 Å². The van der Waals surface area contributed by atoms with Crippen molar-refractivity contribution in [3.05, 3.63) is 23.3 Å². The van der Waals surface area contributed by atoms with E-state index in [4.69, 9.17) is 24.1 Å². The van der Waals surface area contributed by atoms with Gasteiger partial charge in [0.05, 0.1) is 13.7 Å². The average Bonchev–Trinajstić information content (AvgIpc) is 3.00. The van der Waals surface area contributed by atoms with Crippen LogP contribution in [0.25, 0.3) is 0 Å². The van der Waals surface area contributed by atoms with Crippen LogP contribution in [0.4, 0.5) is 0 Å². The van der Waals surface area contributed by atoms with Crippen LogP contribution in [-0.2, 0) is 25.5 Å². The van der Waals surface area contributed by atoms with Gasteiger partial charge in [0.15, 0.2) is 11.7 Å². The molecule has 2 fully saturated rings. The Morgan fingerprint density at radius 1 is 1.12 bits per heavy atom. The fraction of sp³-hybridized carbons (Fsp3) is 0.619. The number of ether oxygens (including phenoxy) is 4. The monoisotopic (exact) mass is 488 g/mol. The number of rotatable bonds is 8. The first-order valence-corrected chi connectivity index (χ1v) is 10.4. The van der Waals surface area contributed by atoms with E-state index >= 15 is 0 Å². The van der Waals surface area contributed by atoms with Crippen molar-refractivity contribution in [2.24, 2.45) is 0 Å². The molecular weight excluding hydrogens is 460 g/mol. The van der Waals surface area contributed by atoms with E-state index in [0.717, 1.165) is 6.92 Å². The van der Waals surface area contributed by atoms with Crippen molar-refractivity contribution in [3.63, 3.8) is 0 Å². The van der Waals surface area contributed by atoms with Crippen molar-refractivity contribution < 1.29 is 64.3 Å². The summed E-state index contributed by atoms with van der Waals surface area (Å²) in [5.41, 5.74) is -1.82. The zero-order valence-electron chi connectivity index (χ0n) is 18.4. The number of carboxylic acid groups (broad SMARTS) is 1. The standard InChI is InChI=1S/C21H28O13/c1-21(30)18(28)17(34-20(21)29)9-5-8(3-4-13(23)24)10(6-11(9)31-2)32-19-16(27)15(26)14(25)12(7-22)33-19/h5-6,12,14-19,22,25-28,30H,3-4,7H2,1-2H3,(H,23,24)/t12-,14-,15+,16-,17+,18+,19-,21-/m1/s1. The molecule has 8 atom stereocenters. The van der Waals surface area contributed by atoms with Gasteiger partial charge < -0.3 is 54.7 Å². The van der Waals surface area contributed by atoms with E-state index in [1.807, 2.05) is 0 Å². The molecule has 3 rings (SSSR count). The van der Waals surface area contributed by atoms with E-state index in [1.165, 1.54) is 19.2 Å². The molecule has 2 saturated heterocycles. The summed E-state index contributed by atoms with van der Waals surface area (Å²) in [6.07, 6.45) is -11.2. The summed E-state index contributed by atoms with van der Waals surface area (Å²) in [7, 11) is 1.27. The molecule has 2 aliphatic heterocycles. The maximum atomic E-state index is 12.0. The zero-order valence-corrected chi connectivity index (χ0v) is 18.4. The molecule has 2 heterocycles. The molecule has 0 amide bonds. The predicted octanol–water partition coefficient (Wildman–Crippen LogP) is -2.40. The van der Waals surface area contributed by atoms with Crippen LogP contribution in [0, 0.1) is 0 Å². The minimum Gasteiger partial charge on any atom is -0.496 e. The van der Waals surface area contributed by atoms with Crippen molar-refractivity contribution in [2.75, 3.05) is 13.7 Å². The minimum absolute atomic E-state index is 0.0308. The molecule has 190 valence electrons. The normalized spacial score (nSPS) is 35.6. The molecule has 7 N–H and O–H groups in total. The van der Waals surface area contributed by atoms with Crippen molar-refractivity contribution in [2.45, 2.75) is 68.3 Å². The van der Waals surface area contributed by atoms with Crippen LogP contribution < -0.4 is 9.47 Å². The van der Waals surface area contributed by atoms with Gasteiger partial charge in [0.25, 0.3) is 0 Å². The number of cyclic esters (lactones) is 1. The predicted molar refractivity (Wildman–Crippen MR) is 109 cm³/mol. The first-order valence-electron chi connectivity index (χ1n) is 10.4. The number of carbonyl (C=O) groups excluding carboxylic acids is 1. The van der Waals surface area contributed by atoms with Gasteiger partial charge in [-0.25, -0.2) is 4.79 Å². The summed E-state index contributed by atoms with van der Waals surface area (Å²) >= 11 is 0. The van der Waals surface area contributed by atoms with E-state index in [0.29, 0.717) is 0 Å². The van der Waals surface area contributed by atoms with Gasteiger partial charge in [0, 0.05) is 18.1 Å². The second kappa shape index (κ2) is 10.00. The summed E-state index contributed by atoms with van der Waals surface area (Å²) < 4.78 is 21.5. The molecule has 0 radical (unpaired) electrons. The summed E-state index contributed by atoms with van der Waals surface area (Å²) in [5, 5.41) is 69.4. The first-order chi connectivity index (χ1) is 15.9. The number of carbonyl (C=O) groups is 2. The Morgan fingerprint density at radius 2 is 1.79 bits per heavy atom. The third kappa shape index (κ3) is 4.81. The van der Waals surface area contributed by atoms with Gasteiger partial charge in [0.1, 0.15) is 42.0 Å². The molecule has 0 spiro atoms. The molecule has 0 unspecified atom stereocenters. The molecule has 0 aromatic heterocycles. The third-order valence-electron chi connectivity index (χ3n) is 5.93. The van der Waals surface area contributed by atoms with Crippen molar-refractivity contribution in [1.82, 2.24) is 0 Å². The molecule has 0 saturated carbocycles. The van der Waals surface area contributed by atoms with E-state index in [9.17, 15) is 40.2 Å². The highest BCUT2D eigenvalue weighted by atomic mass is 16.7. The molecule has 0 bridgehead atoms. The van der Waals surface area contributed by atoms with Crippen molar-refractivity contribution in [1.29, 1.82) is 0 Å². The van der Waals surface area contributed by atoms with E-state index in [2.05, 4.69) is 0 Å². The number of hydrogen-bond acceptors (Lipinski definition) is 12. The van der Waals surface area contributed by atoms with Gasteiger partial charge in [0.2, 0.25) is 6.29 Å². The Labute approximate surface area is 193 Å². The van der Waals surface area contributed by atoms with Crippen LogP contribution in [0.15, 0.2) is 12.1 Å². The van der Waals surface area contributed by atoms with Crippen LogP contribution in [0.1, 0.15) is 30.6 Å². The summed E-state index contributed by atoms with van der Waals surface area (Å²) in [6, 6.07) is 2.64. The molecule has 13 heteroatoms. The van der Waals surface area contributed by atoms with Gasteiger partial charge in [-0.05, 0) is 25.0 Å². The van der Waals surface area contributed by atoms with Gasteiger partial charge in [-0.3, -0.25) is 4.79 Å². The van der Waals surface area contributed by atoms with Gasteiger partial charge in [-0.1, -0.05) is 0 Å². The van der Waals surface area contributed by atoms with Crippen LogP contribution in [-0.4, -0.2) is 104 Å². The lowest BCUT2D eigenvalue weighted by Gasteiger charge is -2.39. The Morgan fingerprint density at radius 3 is 2.32 bits per heavy atom. The summed E-state index contributed by atoms with van der Waals surface area (Å²) in [4.78, 5) is 23.2. The highest BCUT2D eigenvalue weighted by Gasteiger charge is 2.54. The fourth-order valence-corrected chi connectivity index (χ4v) is 3.81. The second-order valence-corrected chi connectivity index (χ2v) is 8.33. The lowest BCUT2D eigenvalue weighted by molar-refractivity contribution is -0.277. The number of methoxy groups -OCH3 is 1. The molecule has 0 aliphatic carbocycles. The maximum Gasteiger partial charge on any atom is 0.341 e. The number of aliphatic hydroxyl groups is 6. The van der Waals surface area contributed by atoms with Gasteiger partial charge >= 0.3 is 11.9 Å². The fourth-order valence-electron chi connectivity index (χ4n) is 3.81. The molecule has 1 aromatic carbocycles. The Kier molecular flexibility index (Phi) is 7.67. The lowest BCUT2D eigenvalue weighted by atomic mass is 9.92. The SMILES string of the molecule is COc1cc(O[C@@H]2O[C@H](CO)[C@@H](O)[C@H](O)[C@H]2O)c(CCC(=O)O)cc1[C@@H]1OC(=O)[C@](C)(O)[C@H]1O. The number of hydrogen-bond donors (Lipinski definition) is 7. The van der Waals surface area contributed by atoms with Crippen LogP contribution >= 0.6 is 0 Å². The van der Waals surface area contributed by atoms with Crippen LogP contribution in [0.5, 0.6) is 11.5 Å². The van der Waals surface area contributed by atoms with Gasteiger partial charge in [-0.15, -0.1) is 0 Å². The smallest absolute Gasteiger partial charge is 0.341 e. The van der Waals surface area contributed by atoms with Crippen LogP contribution in [0.3, 0.4) is 0 Å². The van der Waals surface area contributed by atoms with Crippen molar-refractivity contribution >= 4 is 11.9 Å². The highest BCUT2D eigenvalue weighted by molar-refractivity contribution is 5.82. The number of benzene rings is 1. The van der Waals surface area contributed by atoms with E-state index in [-0.39, 0.29) is 35.5 Å². The average molecular weight is 488 g/mol. The number of carboxylic acids is 1. The zero-order chi connectivity index (χ0) is 25.4. The molecule has 13 nitrogen and oxygen atoms in total.